The molecule has 1 aliphatic heterocycles. The molecule has 1 aromatic rings. The molecule has 0 saturated carbocycles. The lowest BCUT2D eigenvalue weighted by atomic mass is 9.96. The summed E-state index contributed by atoms with van der Waals surface area (Å²) in [7, 11) is 0. The van der Waals surface area contributed by atoms with Gasteiger partial charge in [0.25, 0.3) is 0 Å². The van der Waals surface area contributed by atoms with Gasteiger partial charge in [-0.15, -0.1) is 0 Å². The fourth-order valence-electron chi connectivity index (χ4n) is 2.70. The first-order valence-corrected chi connectivity index (χ1v) is 7.19. The van der Waals surface area contributed by atoms with Gasteiger partial charge < -0.3 is 10.1 Å². The van der Waals surface area contributed by atoms with Crippen LogP contribution in [0.2, 0.25) is 0 Å². The molecule has 0 amide bonds. The van der Waals surface area contributed by atoms with Crippen LogP contribution in [0.4, 0.5) is 0 Å². The first kappa shape index (κ1) is 13.4. The average molecular weight is 247 g/mol. The van der Waals surface area contributed by atoms with Crippen molar-refractivity contribution in [1.82, 2.24) is 5.32 Å². The highest BCUT2D eigenvalue weighted by Gasteiger charge is 2.25. The Morgan fingerprint density at radius 1 is 1.39 bits per heavy atom. The number of ether oxygens (including phenoxy) is 1. The summed E-state index contributed by atoms with van der Waals surface area (Å²) in [6, 6.07) is 6.52. The van der Waals surface area contributed by atoms with E-state index >= 15 is 0 Å². The van der Waals surface area contributed by atoms with E-state index in [2.05, 4.69) is 44.3 Å². The Balaban J connectivity index is 1.90. The lowest BCUT2D eigenvalue weighted by molar-refractivity contribution is 0.190. The van der Waals surface area contributed by atoms with Crippen LogP contribution >= 0.6 is 0 Å². The van der Waals surface area contributed by atoms with E-state index in [0.29, 0.717) is 6.10 Å². The fraction of sp³-hybridized carbons (Fsp3) is 0.625. The van der Waals surface area contributed by atoms with Crippen LogP contribution in [-0.4, -0.2) is 19.2 Å². The zero-order valence-electron chi connectivity index (χ0n) is 11.8. The van der Waals surface area contributed by atoms with Crippen LogP contribution in [0.1, 0.15) is 37.8 Å². The van der Waals surface area contributed by atoms with Gasteiger partial charge in [-0.1, -0.05) is 38.0 Å². The standard InChI is InChI=1S/C16H25NO/c1-4-13(11-17-5-2)9-15-10-14-8-12(3)6-7-16(14)18-15/h6-8,13,15,17H,4-5,9-11H2,1-3H3. The van der Waals surface area contributed by atoms with Gasteiger partial charge in [0.05, 0.1) is 0 Å². The van der Waals surface area contributed by atoms with E-state index in [9.17, 15) is 0 Å². The summed E-state index contributed by atoms with van der Waals surface area (Å²) < 4.78 is 6.05. The van der Waals surface area contributed by atoms with E-state index < -0.39 is 0 Å². The maximum absolute atomic E-state index is 6.05. The Hall–Kier alpha value is -1.02. The van der Waals surface area contributed by atoms with Gasteiger partial charge in [-0.05, 0) is 44.0 Å². The molecule has 1 N–H and O–H groups in total. The number of fused-ring (bicyclic) bond motifs is 1. The third-order valence-electron chi connectivity index (χ3n) is 3.81. The van der Waals surface area contributed by atoms with Gasteiger partial charge in [0.1, 0.15) is 11.9 Å². The molecule has 0 saturated heterocycles. The predicted molar refractivity (Wildman–Crippen MR) is 76.2 cm³/mol. The zero-order valence-corrected chi connectivity index (χ0v) is 11.8. The summed E-state index contributed by atoms with van der Waals surface area (Å²) in [6.45, 7) is 8.75. The second kappa shape index (κ2) is 6.24. The summed E-state index contributed by atoms with van der Waals surface area (Å²) in [5.41, 5.74) is 2.72. The van der Waals surface area contributed by atoms with E-state index in [0.717, 1.165) is 37.6 Å². The first-order valence-electron chi connectivity index (χ1n) is 7.19. The highest BCUT2D eigenvalue weighted by molar-refractivity contribution is 5.40. The maximum atomic E-state index is 6.05. The third kappa shape index (κ3) is 3.26. The Labute approximate surface area is 111 Å². The van der Waals surface area contributed by atoms with Crippen LogP contribution in [0.15, 0.2) is 18.2 Å². The highest BCUT2D eigenvalue weighted by Crippen LogP contribution is 2.32. The highest BCUT2D eigenvalue weighted by atomic mass is 16.5. The van der Waals surface area contributed by atoms with Crippen molar-refractivity contribution in [3.8, 4) is 5.75 Å². The van der Waals surface area contributed by atoms with Crippen molar-refractivity contribution in [3.05, 3.63) is 29.3 Å². The van der Waals surface area contributed by atoms with Crippen LogP contribution in [0.25, 0.3) is 0 Å². The molecule has 0 bridgehead atoms. The molecule has 18 heavy (non-hydrogen) atoms. The molecular formula is C16H25NO. The van der Waals surface area contributed by atoms with Crippen molar-refractivity contribution < 1.29 is 4.74 Å². The van der Waals surface area contributed by atoms with Gasteiger partial charge in [-0.3, -0.25) is 0 Å². The largest absolute Gasteiger partial charge is 0.490 e. The molecule has 0 spiro atoms. The molecule has 2 heteroatoms. The monoisotopic (exact) mass is 247 g/mol. The number of rotatable bonds is 6. The summed E-state index contributed by atoms with van der Waals surface area (Å²) in [6.07, 6.45) is 3.85. The predicted octanol–water partition coefficient (Wildman–Crippen LogP) is 3.32. The molecular weight excluding hydrogens is 222 g/mol. The Kier molecular flexibility index (Phi) is 4.65. The molecule has 2 unspecified atom stereocenters. The Bertz CT molecular complexity index is 389. The van der Waals surface area contributed by atoms with E-state index in [1.165, 1.54) is 17.5 Å². The normalized spacial score (nSPS) is 19.4. The molecule has 2 atom stereocenters. The zero-order chi connectivity index (χ0) is 13.0. The topological polar surface area (TPSA) is 21.3 Å². The van der Waals surface area contributed by atoms with E-state index in [-0.39, 0.29) is 0 Å². The lowest BCUT2D eigenvalue weighted by Crippen LogP contribution is -2.27. The number of hydrogen-bond donors (Lipinski definition) is 1. The molecule has 1 aliphatic rings. The molecule has 1 aromatic carbocycles. The third-order valence-corrected chi connectivity index (χ3v) is 3.81. The molecule has 0 aliphatic carbocycles. The van der Waals surface area contributed by atoms with Crippen molar-refractivity contribution in [3.63, 3.8) is 0 Å². The van der Waals surface area contributed by atoms with Gasteiger partial charge in [-0.2, -0.15) is 0 Å². The van der Waals surface area contributed by atoms with Crippen LogP contribution in [0, 0.1) is 12.8 Å². The van der Waals surface area contributed by atoms with Gasteiger partial charge in [0, 0.05) is 6.42 Å². The summed E-state index contributed by atoms with van der Waals surface area (Å²) in [4.78, 5) is 0. The Morgan fingerprint density at radius 3 is 2.94 bits per heavy atom. The molecule has 1 heterocycles. The van der Waals surface area contributed by atoms with Crippen molar-refractivity contribution >= 4 is 0 Å². The second-order valence-corrected chi connectivity index (χ2v) is 5.37. The molecule has 2 nitrogen and oxygen atoms in total. The minimum Gasteiger partial charge on any atom is -0.490 e. The van der Waals surface area contributed by atoms with Crippen LogP contribution in [-0.2, 0) is 6.42 Å². The second-order valence-electron chi connectivity index (χ2n) is 5.37. The van der Waals surface area contributed by atoms with Crippen molar-refractivity contribution in [2.24, 2.45) is 5.92 Å². The summed E-state index contributed by atoms with van der Waals surface area (Å²) in [5.74, 6) is 1.83. The molecule has 0 aromatic heterocycles. The average Bonchev–Trinajstić information content (AvgIpc) is 2.75. The molecule has 0 fully saturated rings. The maximum Gasteiger partial charge on any atom is 0.123 e. The lowest BCUT2D eigenvalue weighted by Gasteiger charge is -2.19. The van der Waals surface area contributed by atoms with E-state index in [4.69, 9.17) is 4.74 Å². The number of aryl methyl sites for hydroxylation is 1. The summed E-state index contributed by atoms with van der Waals surface area (Å²) >= 11 is 0. The first-order chi connectivity index (χ1) is 8.72. The van der Waals surface area contributed by atoms with Crippen LogP contribution in [0.3, 0.4) is 0 Å². The fourth-order valence-corrected chi connectivity index (χ4v) is 2.70. The van der Waals surface area contributed by atoms with Crippen LogP contribution in [0.5, 0.6) is 5.75 Å². The van der Waals surface area contributed by atoms with E-state index in [1.807, 2.05) is 0 Å². The Morgan fingerprint density at radius 2 is 2.22 bits per heavy atom. The minimum absolute atomic E-state index is 0.380. The van der Waals surface area contributed by atoms with E-state index in [1.54, 1.807) is 0 Å². The number of benzene rings is 1. The van der Waals surface area contributed by atoms with Crippen molar-refractivity contribution in [2.45, 2.75) is 46.1 Å². The quantitative estimate of drug-likeness (QED) is 0.832. The minimum atomic E-state index is 0.380. The van der Waals surface area contributed by atoms with Crippen LogP contribution < -0.4 is 10.1 Å². The van der Waals surface area contributed by atoms with Crippen molar-refractivity contribution in [2.75, 3.05) is 13.1 Å². The van der Waals surface area contributed by atoms with Gasteiger partial charge in [-0.25, -0.2) is 0 Å². The van der Waals surface area contributed by atoms with Crippen molar-refractivity contribution in [1.29, 1.82) is 0 Å². The van der Waals surface area contributed by atoms with Gasteiger partial charge >= 0.3 is 0 Å². The summed E-state index contributed by atoms with van der Waals surface area (Å²) in [5, 5.41) is 3.45. The van der Waals surface area contributed by atoms with Gasteiger partial charge in [0.2, 0.25) is 0 Å². The number of hydrogen-bond acceptors (Lipinski definition) is 2. The van der Waals surface area contributed by atoms with Gasteiger partial charge in [0.15, 0.2) is 0 Å². The molecule has 100 valence electrons. The SMILES string of the molecule is CCNCC(CC)CC1Cc2cc(C)ccc2O1. The molecule has 2 rings (SSSR count). The smallest absolute Gasteiger partial charge is 0.123 e. The molecule has 0 radical (unpaired) electrons. The number of nitrogens with one attached hydrogen (secondary N) is 1.